The number of nitrogens with zero attached hydrogens (tertiary/aromatic N) is 3. The first-order chi connectivity index (χ1) is 10.3. The Balaban J connectivity index is 2.01. The Morgan fingerprint density at radius 1 is 0.905 bits per heavy atom. The Kier molecular flexibility index (Phi) is 2.79. The quantitative estimate of drug-likeness (QED) is 0.553. The summed E-state index contributed by atoms with van der Waals surface area (Å²) in [6.07, 6.45) is 7.24. The van der Waals surface area contributed by atoms with Crippen LogP contribution in [0.4, 0.5) is 4.39 Å². The molecule has 21 heavy (non-hydrogen) atoms. The second kappa shape index (κ2) is 4.79. The predicted molar refractivity (Wildman–Crippen MR) is 81.7 cm³/mol. The van der Waals surface area contributed by atoms with Crippen LogP contribution >= 0.6 is 11.3 Å². The molecular weight excluding hydrogens is 285 g/mol. The lowest BCUT2D eigenvalue weighted by Crippen LogP contribution is -1.87. The molecule has 3 nitrogen and oxygen atoms in total. The summed E-state index contributed by atoms with van der Waals surface area (Å²) in [7, 11) is 0. The van der Waals surface area contributed by atoms with Crippen molar-refractivity contribution in [3.63, 3.8) is 0 Å². The van der Waals surface area contributed by atoms with E-state index in [0.29, 0.717) is 0 Å². The zero-order chi connectivity index (χ0) is 14.2. The Bertz CT molecular complexity index is 894. The molecule has 0 N–H and O–H groups in total. The van der Waals surface area contributed by atoms with Gasteiger partial charge in [-0.3, -0.25) is 9.38 Å². The van der Waals surface area contributed by atoms with Crippen LogP contribution in [-0.4, -0.2) is 14.4 Å². The first kappa shape index (κ1) is 12.2. The molecule has 3 heterocycles. The van der Waals surface area contributed by atoms with Gasteiger partial charge in [-0.25, -0.2) is 9.37 Å². The van der Waals surface area contributed by atoms with E-state index >= 15 is 0 Å². The van der Waals surface area contributed by atoms with Gasteiger partial charge >= 0.3 is 0 Å². The molecule has 0 spiro atoms. The summed E-state index contributed by atoms with van der Waals surface area (Å²) < 4.78 is 15.2. The Labute approximate surface area is 124 Å². The number of benzene rings is 1. The molecule has 4 rings (SSSR count). The van der Waals surface area contributed by atoms with Gasteiger partial charge in [0.25, 0.3) is 0 Å². The van der Waals surface area contributed by atoms with Gasteiger partial charge in [0.1, 0.15) is 5.82 Å². The lowest BCUT2D eigenvalue weighted by molar-refractivity contribution is 0.628. The number of fused-ring (bicyclic) bond motifs is 1. The highest BCUT2D eigenvalue weighted by Gasteiger charge is 2.16. The van der Waals surface area contributed by atoms with Crippen molar-refractivity contribution in [2.75, 3.05) is 0 Å². The molecule has 5 heteroatoms. The van der Waals surface area contributed by atoms with Crippen LogP contribution in [0, 0.1) is 5.82 Å². The van der Waals surface area contributed by atoms with Crippen LogP contribution in [0.1, 0.15) is 0 Å². The molecule has 0 unspecified atom stereocenters. The van der Waals surface area contributed by atoms with Crippen LogP contribution in [0.3, 0.4) is 0 Å². The summed E-state index contributed by atoms with van der Waals surface area (Å²) in [5.74, 6) is -0.235. The van der Waals surface area contributed by atoms with E-state index in [2.05, 4.69) is 9.97 Å². The second-order valence-electron chi connectivity index (χ2n) is 4.60. The van der Waals surface area contributed by atoms with Crippen molar-refractivity contribution >= 4 is 16.3 Å². The van der Waals surface area contributed by atoms with Gasteiger partial charge in [-0.15, -0.1) is 0 Å². The molecule has 4 aromatic rings. The van der Waals surface area contributed by atoms with Crippen LogP contribution in [0.15, 0.2) is 61.2 Å². The highest BCUT2D eigenvalue weighted by molar-refractivity contribution is 7.20. The van der Waals surface area contributed by atoms with Gasteiger partial charge in [0, 0.05) is 30.4 Å². The van der Waals surface area contributed by atoms with E-state index in [1.807, 2.05) is 22.7 Å². The average Bonchev–Trinajstić information content (AvgIpc) is 3.10. The minimum absolute atomic E-state index is 0.235. The Morgan fingerprint density at radius 3 is 2.43 bits per heavy atom. The molecule has 3 aromatic heterocycles. The molecule has 0 aliphatic carbocycles. The smallest absolute Gasteiger partial charge is 0.194 e. The van der Waals surface area contributed by atoms with Crippen molar-refractivity contribution < 1.29 is 4.39 Å². The first-order valence-electron chi connectivity index (χ1n) is 6.45. The lowest BCUT2D eigenvalue weighted by Gasteiger charge is -2.05. The van der Waals surface area contributed by atoms with Crippen molar-refractivity contribution in [3.05, 3.63) is 67.0 Å². The van der Waals surface area contributed by atoms with Crippen LogP contribution in [-0.2, 0) is 0 Å². The minimum atomic E-state index is -0.235. The highest BCUT2D eigenvalue weighted by atomic mass is 32.1. The summed E-state index contributed by atoms with van der Waals surface area (Å²) in [6, 6.07) is 10.5. The first-order valence-corrected chi connectivity index (χ1v) is 7.27. The summed E-state index contributed by atoms with van der Waals surface area (Å²) in [5, 5.41) is 0. The van der Waals surface area contributed by atoms with Gasteiger partial charge < -0.3 is 0 Å². The number of thiazole rings is 1. The number of hydrogen-bond donors (Lipinski definition) is 0. The molecule has 0 radical (unpaired) electrons. The fourth-order valence-electron chi connectivity index (χ4n) is 2.36. The molecule has 0 aliphatic rings. The summed E-state index contributed by atoms with van der Waals surface area (Å²) >= 11 is 1.61. The normalized spacial score (nSPS) is 11.1. The fourth-order valence-corrected chi connectivity index (χ4v) is 3.47. The van der Waals surface area contributed by atoms with Crippen molar-refractivity contribution in [3.8, 4) is 21.7 Å². The number of hydrogen-bond acceptors (Lipinski definition) is 3. The van der Waals surface area contributed by atoms with Crippen molar-refractivity contribution in [2.45, 2.75) is 0 Å². The molecule has 0 fully saturated rings. The van der Waals surface area contributed by atoms with Crippen LogP contribution in [0.25, 0.3) is 26.7 Å². The van der Waals surface area contributed by atoms with E-state index in [9.17, 15) is 4.39 Å². The van der Waals surface area contributed by atoms with Gasteiger partial charge in [0.05, 0.1) is 10.6 Å². The van der Waals surface area contributed by atoms with Crippen molar-refractivity contribution in [2.24, 2.45) is 0 Å². The topological polar surface area (TPSA) is 30.2 Å². The highest BCUT2D eigenvalue weighted by Crippen LogP contribution is 2.38. The second-order valence-corrected chi connectivity index (χ2v) is 5.58. The van der Waals surface area contributed by atoms with E-state index in [4.69, 9.17) is 0 Å². The van der Waals surface area contributed by atoms with Crippen LogP contribution in [0.2, 0.25) is 0 Å². The largest absolute Gasteiger partial charge is 0.290 e. The molecular formula is C16H10FN3S. The van der Waals surface area contributed by atoms with Gasteiger partial charge in [-0.1, -0.05) is 11.3 Å². The third-order valence-electron chi connectivity index (χ3n) is 3.32. The third-order valence-corrected chi connectivity index (χ3v) is 4.43. The van der Waals surface area contributed by atoms with Gasteiger partial charge in [0.2, 0.25) is 0 Å². The van der Waals surface area contributed by atoms with Gasteiger partial charge in [0.15, 0.2) is 4.96 Å². The molecule has 0 amide bonds. The summed E-state index contributed by atoms with van der Waals surface area (Å²) in [6.45, 7) is 0. The standard InChI is InChI=1S/C16H10FN3S/c17-13-3-1-11(2-4-13)14-15(12-5-7-18-8-6-12)21-16-19-9-10-20(14)16/h1-10H. The zero-order valence-corrected chi connectivity index (χ0v) is 11.7. The minimum Gasteiger partial charge on any atom is -0.290 e. The van der Waals surface area contributed by atoms with Crippen molar-refractivity contribution in [1.29, 1.82) is 0 Å². The molecule has 0 saturated carbocycles. The maximum absolute atomic E-state index is 13.2. The molecule has 0 atom stereocenters. The van der Waals surface area contributed by atoms with Gasteiger partial charge in [-0.2, -0.15) is 0 Å². The molecule has 0 saturated heterocycles. The number of rotatable bonds is 2. The monoisotopic (exact) mass is 295 g/mol. The van der Waals surface area contributed by atoms with E-state index in [1.54, 1.807) is 42.1 Å². The van der Waals surface area contributed by atoms with Gasteiger partial charge in [-0.05, 0) is 42.0 Å². The predicted octanol–water partition coefficient (Wildman–Crippen LogP) is 4.26. The number of pyridine rings is 1. The summed E-state index contributed by atoms with van der Waals surface area (Å²) in [4.78, 5) is 10.4. The maximum atomic E-state index is 13.2. The average molecular weight is 295 g/mol. The van der Waals surface area contributed by atoms with Crippen LogP contribution < -0.4 is 0 Å². The maximum Gasteiger partial charge on any atom is 0.194 e. The zero-order valence-electron chi connectivity index (χ0n) is 10.9. The molecule has 0 aliphatic heterocycles. The van der Waals surface area contributed by atoms with Crippen molar-refractivity contribution in [1.82, 2.24) is 14.4 Å². The Hall–Kier alpha value is -2.53. The Morgan fingerprint density at radius 2 is 1.67 bits per heavy atom. The SMILES string of the molecule is Fc1ccc(-c2c(-c3ccncc3)sc3nccn23)cc1. The number of halogens is 1. The van der Waals surface area contributed by atoms with Crippen LogP contribution in [0.5, 0.6) is 0 Å². The van der Waals surface area contributed by atoms with E-state index in [-0.39, 0.29) is 5.82 Å². The van der Waals surface area contributed by atoms with E-state index in [1.165, 1.54) is 12.1 Å². The third kappa shape index (κ3) is 2.02. The number of aromatic nitrogens is 3. The van der Waals surface area contributed by atoms with E-state index < -0.39 is 0 Å². The molecule has 1 aromatic carbocycles. The number of imidazole rings is 1. The fraction of sp³-hybridized carbons (Fsp3) is 0. The molecule has 0 bridgehead atoms. The van der Waals surface area contributed by atoms with E-state index in [0.717, 1.165) is 26.7 Å². The molecule has 102 valence electrons. The lowest BCUT2D eigenvalue weighted by atomic mass is 10.1. The summed E-state index contributed by atoms with van der Waals surface area (Å²) in [5.41, 5.74) is 3.07.